The minimum absolute atomic E-state index is 0.0157. The smallest absolute Gasteiger partial charge is 0.277 e. The van der Waals surface area contributed by atoms with Gasteiger partial charge in [-0.3, -0.25) is 9.63 Å². The van der Waals surface area contributed by atoms with E-state index in [4.69, 9.17) is 28.5 Å². The van der Waals surface area contributed by atoms with Crippen molar-refractivity contribution in [3.05, 3.63) is 59.7 Å². The Morgan fingerprint density at radius 3 is 1.83 bits per heavy atom. The summed E-state index contributed by atoms with van der Waals surface area (Å²) in [7, 11) is 7.81. The normalized spacial score (nSPS) is 14.5. The SMILES string of the molecule is COc1ccc(COC[C@@H](C)C[C@@H](C)[C@H](OCc2ccc(OC)cc2)[C@H](OC)C(=O)N(C)OC)cc1. The van der Waals surface area contributed by atoms with Crippen LogP contribution in [0.3, 0.4) is 0 Å². The van der Waals surface area contributed by atoms with Gasteiger partial charge in [-0.05, 0) is 53.6 Å². The summed E-state index contributed by atoms with van der Waals surface area (Å²) in [5.41, 5.74) is 2.07. The van der Waals surface area contributed by atoms with Gasteiger partial charge in [0.05, 0.1) is 40.6 Å². The maximum atomic E-state index is 13.0. The Kier molecular flexibility index (Phi) is 12.7. The first kappa shape index (κ1) is 29.6. The van der Waals surface area contributed by atoms with Crippen molar-refractivity contribution in [1.29, 1.82) is 0 Å². The van der Waals surface area contributed by atoms with E-state index in [1.165, 1.54) is 19.3 Å². The second kappa shape index (κ2) is 15.5. The fourth-order valence-electron chi connectivity index (χ4n) is 4.05. The van der Waals surface area contributed by atoms with E-state index in [9.17, 15) is 4.79 Å². The monoisotopic (exact) mass is 503 g/mol. The van der Waals surface area contributed by atoms with Crippen molar-refractivity contribution in [3.63, 3.8) is 0 Å². The molecule has 0 fully saturated rings. The van der Waals surface area contributed by atoms with Gasteiger partial charge in [0, 0.05) is 20.8 Å². The minimum Gasteiger partial charge on any atom is -0.497 e. The number of likely N-dealkylation sites (N-methyl/N-ethyl adjacent to an activating group) is 1. The molecule has 0 N–H and O–H groups in total. The zero-order valence-electron chi connectivity index (χ0n) is 22.6. The van der Waals surface area contributed by atoms with E-state index in [1.807, 2.05) is 48.5 Å². The van der Waals surface area contributed by atoms with Crippen molar-refractivity contribution < 1.29 is 33.3 Å². The minimum atomic E-state index is -0.810. The van der Waals surface area contributed by atoms with Gasteiger partial charge in [-0.25, -0.2) is 5.06 Å². The van der Waals surface area contributed by atoms with Crippen LogP contribution in [-0.4, -0.2) is 65.3 Å². The number of methoxy groups -OCH3 is 3. The maximum absolute atomic E-state index is 13.0. The van der Waals surface area contributed by atoms with Gasteiger partial charge >= 0.3 is 0 Å². The zero-order valence-corrected chi connectivity index (χ0v) is 22.6. The number of rotatable bonds is 16. The summed E-state index contributed by atoms with van der Waals surface area (Å²) in [6, 6.07) is 15.5. The molecular formula is C28H41NO7. The van der Waals surface area contributed by atoms with Crippen molar-refractivity contribution in [2.45, 2.75) is 45.7 Å². The number of hydroxylamine groups is 2. The van der Waals surface area contributed by atoms with E-state index in [0.717, 1.165) is 29.0 Å². The van der Waals surface area contributed by atoms with Gasteiger partial charge in [-0.1, -0.05) is 38.1 Å². The van der Waals surface area contributed by atoms with Crippen LogP contribution < -0.4 is 9.47 Å². The molecule has 200 valence electrons. The lowest BCUT2D eigenvalue weighted by atomic mass is 9.89. The number of hydrogen-bond acceptors (Lipinski definition) is 7. The molecule has 0 bridgehead atoms. The number of benzene rings is 2. The van der Waals surface area contributed by atoms with E-state index < -0.39 is 12.2 Å². The molecule has 0 aliphatic carbocycles. The van der Waals surface area contributed by atoms with Crippen LogP contribution in [0.5, 0.6) is 11.5 Å². The van der Waals surface area contributed by atoms with Crippen LogP contribution in [0.2, 0.25) is 0 Å². The number of ether oxygens (including phenoxy) is 5. The molecule has 0 radical (unpaired) electrons. The third-order valence-electron chi connectivity index (χ3n) is 6.15. The number of nitrogens with zero attached hydrogens (tertiary/aromatic N) is 1. The Morgan fingerprint density at radius 1 is 0.833 bits per heavy atom. The summed E-state index contributed by atoms with van der Waals surface area (Å²) in [5, 5.41) is 1.17. The highest BCUT2D eigenvalue weighted by Gasteiger charge is 2.36. The number of carbonyl (C=O) groups excluding carboxylic acids is 1. The Hall–Kier alpha value is -2.65. The summed E-state index contributed by atoms with van der Waals surface area (Å²) in [6.07, 6.45) is -0.499. The molecule has 8 heteroatoms. The fraction of sp³-hybridized carbons (Fsp3) is 0.536. The van der Waals surface area contributed by atoms with Crippen LogP contribution in [0.15, 0.2) is 48.5 Å². The van der Waals surface area contributed by atoms with Crippen molar-refractivity contribution in [3.8, 4) is 11.5 Å². The highest BCUT2D eigenvalue weighted by molar-refractivity contribution is 5.80. The second-order valence-electron chi connectivity index (χ2n) is 8.98. The third kappa shape index (κ3) is 9.09. The molecule has 0 spiro atoms. The Bertz CT molecular complexity index is 888. The zero-order chi connectivity index (χ0) is 26.5. The predicted molar refractivity (Wildman–Crippen MR) is 138 cm³/mol. The van der Waals surface area contributed by atoms with Crippen molar-refractivity contribution in [1.82, 2.24) is 5.06 Å². The molecular weight excluding hydrogens is 462 g/mol. The molecule has 2 aromatic rings. The summed E-state index contributed by atoms with van der Waals surface area (Å²) in [5.74, 6) is 1.57. The van der Waals surface area contributed by atoms with E-state index in [0.29, 0.717) is 19.8 Å². The Labute approximate surface area is 215 Å². The Morgan fingerprint density at radius 2 is 1.36 bits per heavy atom. The molecule has 0 heterocycles. The van der Waals surface area contributed by atoms with Crippen LogP contribution in [0.4, 0.5) is 0 Å². The summed E-state index contributed by atoms with van der Waals surface area (Å²) >= 11 is 0. The number of carbonyl (C=O) groups is 1. The first-order chi connectivity index (χ1) is 17.3. The van der Waals surface area contributed by atoms with Crippen LogP contribution in [0, 0.1) is 11.8 Å². The molecule has 0 saturated heterocycles. The van der Waals surface area contributed by atoms with Gasteiger partial charge in [0.1, 0.15) is 11.5 Å². The van der Waals surface area contributed by atoms with Gasteiger partial charge in [0.2, 0.25) is 0 Å². The van der Waals surface area contributed by atoms with E-state index in [1.54, 1.807) is 21.3 Å². The van der Waals surface area contributed by atoms with Gasteiger partial charge < -0.3 is 23.7 Å². The first-order valence-corrected chi connectivity index (χ1v) is 12.1. The topological polar surface area (TPSA) is 75.7 Å². The van der Waals surface area contributed by atoms with Gasteiger partial charge in [0.25, 0.3) is 5.91 Å². The average Bonchev–Trinajstić information content (AvgIpc) is 2.90. The van der Waals surface area contributed by atoms with Crippen LogP contribution >= 0.6 is 0 Å². The molecule has 2 rings (SSSR count). The molecule has 0 aliphatic rings. The fourth-order valence-corrected chi connectivity index (χ4v) is 4.05. The highest BCUT2D eigenvalue weighted by atomic mass is 16.7. The predicted octanol–water partition coefficient (Wildman–Crippen LogP) is 4.50. The Balaban J connectivity index is 2.01. The lowest BCUT2D eigenvalue weighted by Gasteiger charge is -2.33. The lowest BCUT2D eigenvalue weighted by Crippen LogP contribution is -2.48. The molecule has 0 aromatic heterocycles. The van der Waals surface area contributed by atoms with Crippen LogP contribution in [-0.2, 0) is 37.1 Å². The molecule has 4 atom stereocenters. The molecule has 0 aliphatic heterocycles. The van der Waals surface area contributed by atoms with Gasteiger partial charge in [0.15, 0.2) is 6.10 Å². The molecule has 0 saturated carbocycles. The molecule has 0 unspecified atom stereocenters. The molecule has 36 heavy (non-hydrogen) atoms. The lowest BCUT2D eigenvalue weighted by molar-refractivity contribution is -0.191. The molecule has 1 amide bonds. The van der Waals surface area contributed by atoms with Crippen LogP contribution in [0.1, 0.15) is 31.4 Å². The van der Waals surface area contributed by atoms with Gasteiger partial charge in [-0.15, -0.1) is 0 Å². The average molecular weight is 504 g/mol. The van der Waals surface area contributed by atoms with E-state index >= 15 is 0 Å². The van der Waals surface area contributed by atoms with Gasteiger partial charge in [-0.2, -0.15) is 0 Å². The quantitative estimate of drug-likeness (QED) is 0.312. The number of hydrogen-bond donors (Lipinski definition) is 0. The number of amides is 1. The molecule has 8 nitrogen and oxygen atoms in total. The third-order valence-corrected chi connectivity index (χ3v) is 6.15. The van der Waals surface area contributed by atoms with Crippen molar-refractivity contribution in [2.24, 2.45) is 11.8 Å². The van der Waals surface area contributed by atoms with Crippen molar-refractivity contribution >= 4 is 5.91 Å². The summed E-state index contributed by atoms with van der Waals surface area (Å²) in [6.45, 7) is 5.66. The maximum Gasteiger partial charge on any atom is 0.277 e. The second-order valence-corrected chi connectivity index (χ2v) is 8.98. The first-order valence-electron chi connectivity index (χ1n) is 12.1. The largest absolute Gasteiger partial charge is 0.497 e. The van der Waals surface area contributed by atoms with E-state index in [2.05, 4.69) is 13.8 Å². The standard InChI is InChI=1S/C28H41NO7/c1-20(17-35-18-22-8-12-24(31-4)13-9-22)16-21(2)26(27(33-6)28(30)29(3)34-7)36-19-23-10-14-25(32-5)15-11-23/h8-15,20-21,26-27H,16-19H2,1-7H3/t20-,21+,26-,27-/m0/s1. The van der Waals surface area contributed by atoms with Crippen LogP contribution in [0.25, 0.3) is 0 Å². The highest BCUT2D eigenvalue weighted by Crippen LogP contribution is 2.25. The summed E-state index contributed by atoms with van der Waals surface area (Å²) < 4.78 is 28.3. The van der Waals surface area contributed by atoms with Crippen molar-refractivity contribution in [2.75, 3.05) is 42.1 Å². The molecule has 2 aromatic carbocycles. The van der Waals surface area contributed by atoms with E-state index in [-0.39, 0.29) is 17.7 Å². The summed E-state index contributed by atoms with van der Waals surface area (Å²) in [4.78, 5) is 18.1.